The first-order valence-corrected chi connectivity index (χ1v) is 7.22. The lowest BCUT2D eigenvalue weighted by atomic mass is 10.1. The van der Waals surface area contributed by atoms with Crippen molar-refractivity contribution in [3.63, 3.8) is 0 Å². The molecular weight excluding hydrogens is 278 g/mol. The molecule has 0 unspecified atom stereocenters. The second-order valence-corrected chi connectivity index (χ2v) is 5.62. The molecule has 0 saturated heterocycles. The van der Waals surface area contributed by atoms with E-state index in [4.69, 9.17) is 10.9 Å². The summed E-state index contributed by atoms with van der Waals surface area (Å²) in [4.78, 5) is 11.9. The van der Waals surface area contributed by atoms with E-state index in [1.165, 1.54) is 18.2 Å². The number of hydrogen-bond acceptors (Lipinski definition) is 4. The fourth-order valence-electron chi connectivity index (χ4n) is 1.74. The highest BCUT2D eigenvalue weighted by molar-refractivity contribution is 7.89. The topological polar surface area (TPSA) is 115 Å². The fourth-order valence-corrected chi connectivity index (χ4v) is 2.51. The smallest absolute Gasteiger partial charge is 0.259 e. The lowest BCUT2D eigenvalue weighted by Gasteiger charge is -2.11. The van der Waals surface area contributed by atoms with Crippen LogP contribution in [0.2, 0.25) is 0 Å². The molecule has 0 heterocycles. The summed E-state index contributed by atoms with van der Waals surface area (Å²) in [7, 11) is -4.03. The zero-order valence-corrected chi connectivity index (χ0v) is 11.2. The summed E-state index contributed by atoms with van der Waals surface area (Å²) in [5.74, 6) is -0.627. The molecule has 7 heteroatoms. The van der Waals surface area contributed by atoms with E-state index < -0.39 is 15.9 Å². The van der Waals surface area contributed by atoms with Gasteiger partial charge in [0.15, 0.2) is 0 Å². The van der Waals surface area contributed by atoms with Crippen molar-refractivity contribution in [2.75, 3.05) is 11.1 Å². The summed E-state index contributed by atoms with van der Waals surface area (Å²) < 4.78 is 23.0. The molecule has 2 aromatic rings. The van der Waals surface area contributed by atoms with Crippen LogP contribution in [0.1, 0.15) is 10.4 Å². The van der Waals surface area contributed by atoms with E-state index in [0.717, 1.165) is 0 Å². The molecule has 2 rings (SSSR count). The Kier molecular flexibility index (Phi) is 3.73. The molecule has 0 aliphatic rings. The first kappa shape index (κ1) is 14.0. The standard InChI is InChI=1S/C13H13N3O3S/c14-10-7-4-8-11(20(15,18)19)12(10)13(17)16-9-5-2-1-3-6-9/h1-8H,14H2,(H,16,17)(H2,15,18,19). The number of sulfonamides is 1. The Morgan fingerprint density at radius 3 is 2.25 bits per heavy atom. The van der Waals surface area contributed by atoms with E-state index in [0.29, 0.717) is 5.69 Å². The SMILES string of the molecule is Nc1cccc(S(N)(=O)=O)c1C(=O)Nc1ccccc1. The van der Waals surface area contributed by atoms with Gasteiger partial charge in [0.25, 0.3) is 5.91 Å². The molecule has 104 valence electrons. The van der Waals surface area contributed by atoms with Crippen molar-refractivity contribution < 1.29 is 13.2 Å². The Morgan fingerprint density at radius 1 is 1.00 bits per heavy atom. The van der Waals surface area contributed by atoms with Gasteiger partial charge in [0.1, 0.15) is 0 Å². The minimum absolute atomic E-state index is 0.0463. The maximum Gasteiger partial charge on any atom is 0.259 e. The van der Waals surface area contributed by atoms with Gasteiger partial charge in [0.05, 0.1) is 10.5 Å². The normalized spacial score (nSPS) is 11.1. The van der Waals surface area contributed by atoms with Crippen LogP contribution < -0.4 is 16.2 Å². The van der Waals surface area contributed by atoms with Crippen molar-refractivity contribution in [1.82, 2.24) is 0 Å². The van der Waals surface area contributed by atoms with Gasteiger partial charge in [-0.25, -0.2) is 13.6 Å². The van der Waals surface area contributed by atoms with Gasteiger partial charge in [-0.3, -0.25) is 4.79 Å². The van der Waals surface area contributed by atoms with Crippen LogP contribution in [0.5, 0.6) is 0 Å². The molecule has 5 N–H and O–H groups in total. The maximum absolute atomic E-state index is 12.2. The van der Waals surface area contributed by atoms with Crippen molar-refractivity contribution in [1.29, 1.82) is 0 Å². The van der Waals surface area contributed by atoms with Gasteiger partial charge in [0.2, 0.25) is 10.0 Å². The molecule has 0 radical (unpaired) electrons. The molecule has 0 aliphatic heterocycles. The predicted molar refractivity (Wildman–Crippen MR) is 76.6 cm³/mol. The van der Waals surface area contributed by atoms with Crippen molar-refractivity contribution >= 4 is 27.3 Å². The van der Waals surface area contributed by atoms with Gasteiger partial charge in [0, 0.05) is 11.4 Å². The van der Waals surface area contributed by atoms with E-state index in [1.54, 1.807) is 30.3 Å². The van der Waals surface area contributed by atoms with Gasteiger partial charge in [-0.05, 0) is 24.3 Å². The highest BCUT2D eigenvalue weighted by Crippen LogP contribution is 2.22. The van der Waals surface area contributed by atoms with Crippen LogP contribution in [-0.4, -0.2) is 14.3 Å². The minimum atomic E-state index is -4.03. The van der Waals surface area contributed by atoms with E-state index in [2.05, 4.69) is 5.32 Å². The number of benzene rings is 2. The quantitative estimate of drug-likeness (QED) is 0.736. The number of amides is 1. The van der Waals surface area contributed by atoms with Crippen LogP contribution in [0.15, 0.2) is 53.4 Å². The molecule has 6 nitrogen and oxygen atoms in total. The first-order valence-electron chi connectivity index (χ1n) is 5.67. The molecule has 0 aliphatic carbocycles. The average molecular weight is 291 g/mol. The Hall–Kier alpha value is -2.38. The van der Waals surface area contributed by atoms with Gasteiger partial charge < -0.3 is 11.1 Å². The number of primary sulfonamides is 1. The number of anilines is 2. The molecule has 1 amide bonds. The number of rotatable bonds is 3. The third kappa shape index (κ3) is 2.95. The molecule has 0 saturated carbocycles. The summed E-state index contributed by atoms with van der Waals surface area (Å²) in [6.45, 7) is 0. The van der Waals surface area contributed by atoms with Crippen LogP contribution in [0.25, 0.3) is 0 Å². The molecule has 0 fully saturated rings. The van der Waals surface area contributed by atoms with Crippen molar-refractivity contribution in [2.45, 2.75) is 4.90 Å². The van der Waals surface area contributed by atoms with E-state index in [-0.39, 0.29) is 16.1 Å². The summed E-state index contributed by atoms with van der Waals surface area (Å²) >= 11 is 0. The number of para-hydroxylation sites is 1. The highest BCUT2D eigenvalue weighted by Gasteiger charge is 2.21. The van der Waals surface area contributed by atoms with E-state index >= 15 is 0 Å². The summed E-state index contributed by atoms with van der Waals surface area (Å²) in [6.07, 6.45) is 0. The Labute approximate surface area is 116 Å². The lowest BCUT2D eigenvalue weighted by molar-refractivity contribution is 0.102. The van der Waals surface area contributed by atoms with Crippen LogP contribution in [0, 0.1) is 0 Å². The second kappa shape index (κ2) is 5.32. The number of carbonyl (C=O) groups is 1. The Bertz CT molecular complexity index is 743. The number of carbonyl (C=O) groups excluding carboxylic acids is 1. The summed E-state index contributed by atoms with van der Waals surface area (Å²) in [5.41, 5.74) is 6.11. The minimum Gasteiger partial charge on any atom is -0.398 e. The highest BCUT2D eigenvalue weighted by atomic mass is 32.2. The fraction of sp³-hybridized carbons (Fsp3) is 0. The largest absolute Gasteiger partial charge is 0.398 e. The molecule has 0 bridgehead atoms. The average Bonchev–Trinajstić information content (AvgIpc) is 2.38. The molecule has 20 heavy (non-hydrogen) atoms. The number of nitrogens with one attached hydrogen (secondary N) is 1. The predicted octanol–water partition coefficient (Wildman–Crippen LogP) is 1.17. The molecule has 0 atom stereocenters. The first-order chi connectivity index (χ1) is 9.39. The number of nitrogens with two attached hydrogens (primary N) is 2. The summed E-state index contributed by atoms with van der Waals surface area (Å²) in [5, 5.41) is 7.67. The van der Waals surface area contributed by atoms with Crippen molar-refractivity contribution in [2.24, 2.45) is 5.14 Å². The zero-order chi connectivity index (χ0) is 14.8. The molecule has 0 spiro atoms. The zero-order valence-electron chi connectivity index (χ0n) is 10.4. The van der Waals surface area contributed by atoms with Gasteiger partial charge in [-0.15, -0.1) is 0 Å². The van der Waals surface area contributed by atoms with E-state index in [1.807, 2.05) is 0 Å². The molecule has 0 aromatic heterocycles. The third-order valence-corrected chi connectivity index (χ3v) is 3.58. The third-order valence-electron chi connectivity index (χ3n) is 2.62. The molecule has 2 aromatic carbocycles. The van der Waals surface area contributed by atoms with Gasteiger partial charge in [-0.1, -0.05) is 24.3 Å². The van der Waals surface area contributed by atoms with Crippen LogP contribution in [0.4, 0.5) is 11.4 Å². The summed E-state index contributed by atoms with van der Waals surface area (Å²) in [6, 6.07) is 12.7. The van der Waals surface area contributed by atoms with Crippen LogP contribution in [0.3, 0.4) is 0 Å². The Balaban J connectivity index is 2.45. The van der Waals surface area contributed by atoms with Crippen LogP contribution >= 0.6 is 0 Å². The number of nitrogen functional groups attached to an aromatic ring is 1. The maximum atomic E-state index is 12.2. The van der Waals surface area contributed by atoms with Crippen molar-refractivity contribution in [3.8, 4) is 0 Å². The van der Waals surface area contributed by atoms with Crippen molar-refractivity contribution in [3.05, 3.63) is 54.1 Å². The Morgan fingerprint density at radius 2 is 1.65 bits per heavy atom. The number of hydrogen-bond donors (Lipinski definition) is 3. The van der Waals surface area contributed by atoms with Gasteiger partial charge in [-0.2, -0.15) is 0 Å². The lowest BCUT2D eigenvalue weighted by Crippen LogP contribution is -2.21. The second-order valence-electron chi connectivity index (χ2n) is 4.09. The van der Waals surface area contributed by atoms with Gasteiger partial charge >= 0.3 is 0 Å². The monoisotopic (exact) mass is 291 g/mol. The van der Waals surface area contributed by atoms with Crippen LogP contribution in [-0.2, 0) is 10.0 Å². The molecular formula is C13H13N3O3S. The van der Waals surface area contributed by atoms with E-state index in [9.17, 15) is 13.2 Å².